The summed E-state index contributed by atoms with van der Waals surface area (Å²) in [5.74, 6) is -5.76. The van der Waals surface area contributed by atoms with E-state index >= 15 is 0 Å². The highest BCUT2D eigenvalue weighted by molar-refractivity contribution is 5.95. The number of hydrogen-bond acceptors (Lipinski definition) is 3. The lowest BCUT2D eigenvalue weighted by Crippen LogP contribution is -2.55. The molecule has 2 aliphatic rings. The summed E-state index contributed by atoms with van der Waals surface area (Å²) >= 11 is 0. The number of carbonyl (C=O) groups excluding carboxylic acids is 2. The first-order valence-corrected chi connectivity index (χ1v) is 11.3. The average molecular weight is 460 g/mol. The highest BCUT2D eigenvalue weighted by atomic mass is 19.2. The van der Waals surface area contributed by atoms with Gasteiger partial charge in [-0.1, -0.05) is 18.2 Å². The van der Waals surface area contributed by atoms with Crippen LogP contribution in [0.1, 0.15) is 46.3 Å². The number of carbonyl (C=O) groups is 2. The van der Waals surface area contributed by atoms with Gasteiger partial charge in [0.1, 0.15) is 0 Å². The Morgan fingerprint density at radius 1 is 1.09 bits per heavy atom. The number of aryl methyl sites for hydroxylation is 1. The van der Waals surface area contributed by atoms with E-state index < -0.39 is 35.3 Å². The van der Waals surface area contributed by atoms with Crippen molar-refractivity contribution in [2.24, 2.45) is 5.92 Å². The minimum absolute atomic E-state index is 0.0487. The van der Waals surface area contributed by atoms with Crippen LogP contribution in [-0.4, -0.2) is 41.9 Å². The lowest BCUT2D eigenvalue weighted by Gasteiger charge is -2.36. The number of rotatable bonds is 6. The predicted octanol–water partition coefficient (Wildman–Crippen LogP) is 3.62. The Morgan fingerprint density at radius 2 is 1.79 bits per heavy atom. The summed E-state index contributed by atoms with van der Waals surface area (Å²) in [5.41, 5.74) is 3.10. The lowest BCUT2D eigenvalue weighted by molar-refractivity contribution is -0.138. The van der Waals surface area contributed by atoms with Gasteiger partial charge in [0.15, 0.2) is 17.5 Å². The largest absolute Gasteiger partial charge is 0.348 e. The first kappa shape index (κ1) is 23.3. The van der Waals surface area contributed by atoms with E-state index in [0.29, 0.717) is 38.2 Å². The van der Waals surface area contributed by atoms with Crippen molar-refractivity contribution in [2.75, 3.05) is 13.1 Å². The average Bonchev–Trinajstić information content (AvgIpc) is 3.63. The summed E-state index contributed by atoms with van der Waals surface area (Å²) in [6.07, 6.45) is 2.39. The number of hydrogen-bond donors (Lipinski definition) is 2. The van der Waals surface area contributed by atoms with Gasteiger partial charge < -0.3 is 15.5 Å². The summed E-state index contributed by atoms with van der Waals surface area (Å²) < 4.78 is 40.4. The molecule has 2 fully saturated rings. The van der Waals surface area contributed by atoms with E-state index in [2.05, 4.69) is 10.6 Å². The first-order chi connectivity index (χ1) is 15.8. The molecule has 2 amide bonds. The number of piperidine rings is 1. The molecule has 2 atom stereocenters. The second-order valence-corrected chi connectivity index (χ2v) is 8.99. The third kappa shape index (κ3) is 5.05. The molecule has 5 nitrogen and oxygen atoms in total. The molecule has 1 aliphatic carbocycles. The van der Waals surface area contributed by atoms with E-state index in [4.69, 9.17) is 0 Å². The third-order valence-electron chi connectivity index (χ3n) is 6.69. The van der Waals surface area contributed by atoms with Crippen LogP contribution < -0.4 is 10.6 Å². The predicted molar refractivity (Wildman–Crippen MR) is 118 cm³/mol. The Kier molecular flexibility index (Phi) is 6.74. The molecule has 0 bridgehead atoms. The second kappa shape index (κ2) is 9.55. The van der Waals surface area contributed by atoms with Crippen molar-refractivity contribution < 1.29 is 22.8 Å². The first-order valence-electron chi connectivity index (χ1n) is 11.3. The van der Waals surface area contributed by atoms with Gasteiger partial charge in [-0.3, -0.25) is 9.59 Å². The number of benzene rings is 2. The van der Waals surface area contributed by atoms with Gasteiger partial charge in [-0.05, 0) is 68.5 Å². The molecule has 1 heterocycles. The Morgan fingerprint density at radius 3 is 2.45 bits per heavy atom. The molecular formula is C25H28F3N3O2. The van der Waals surface area contributed by atoms with Gasteiger partial charge in [-0.2, -0.15) is 0 Å². The van der Waals surface area contributed by atoms with Crippen molar-refractivity contribution in [1.29, 1.82) is 0 Å². The molecule has 33 heavy (non-hydrogen) atoms. The number of halogens is 3. The van der Waals surface area contributed by atoms with E-state index in [1.54, 1.807) is 0 Å². The molecule has 8 heteroatoms. The number of nitrogens with one attached hydrogen (secondary N) is 2. The Hall–Kier alpha value is -2.87. The molecule has 0 spiro atoms. The molecule has 1 saturated carbocycles. The standard InChI is InChI=1S/C25H28F3N3O2/c1-14-4-3-5-16(15(14)2)13-31(18-6-7-18)25(33)19-12-29-9-8-22(19)30-24(32)17-10-20(26)23(28)21(27)11-17/h3-5,10-11,18-19,22,29H,6-9,12-13H2,1-2H3,(H,30,32). The maximum atomic E-state index is 13.6. The monoisotopic (exact) mass is 459 g/mol. The summed E-state index contributed by atoms with van der Waals surface area (Å²) in [5, 5.41) is 5.97. The summed E-state index contributed by atoms with van der Waals surface area (Å²) in [7, 11) is 0. The molecule has 0 radical (unpaired) electrons. The fourth-order valence-electron chi connectivity index (χ4n) is 4.38. The van der Waals surface area contributed by atoms with E-state index in [1.165, 1.54) is 5.56 Å². The molecule has 176 valence electrons. The fraction of sp³-hybridized carbons (Fsp3) is 0.440. The summed E-state index contributed by atoms with van der Waals surface area (Å²) in [6.45, 7) is 5.59. The third-order valence-corrected chi connectivity index (χ3v) is 6.69. The Balaban J connectivity index is 1.52. The lowest BCUT2D eigenvalue weighted by atomic mass is 9.91. The van der Waals surface area contributed by atoms with Crippen LogP contribution in [0.15, 0.2) is 30.3 Å². The smallest absolute Gasteiger partial charge is 0.251 e. The van der Waals surface area contributed by atoms with E-state index in [9.17, 15) is 22.8 Å². The second-order valence-electron chi connectivity index (χ2n) is 8.99. The molecule has 2 aromatic rings. The van der Waals surface area contributed by atoms with Gasteiger partial charge in [-0.25, -0.2) is 13.2 Å². The zero-order valence-electron chi connectivity index (χ0n) is 18.8. The minimum Gasteiger partial charge on any atom is -0.348 e. The van der Waals surface area contributed by atoms with E-state index in [-0.39, 0.29) is 17.5 Å². The molecule has 4 rings (SSSR count). The molecule has 2 N–H and O–H groups in total. The van der Waals surface area contributed by atoms with Gasteiger partial charge in [0.05, 0.1) is 5.92 Å². The maximum absolute atomic E-state index is 13.6. The SMILES string of the molecule is Cc1cccc(CN(C(=O)C2CNCCC2NC(=O)c2cc(F)c(F)c(F)c2)C2CC2)c1C. The van der Waals surface area contributed by atoms with Crippen molar-refractivity contribution >= 4 is 11.8 Å². The summed E-state index contributed by atoms with van der Waals surface area (Å²) in [6, 6.07) is 7.07. The molecular weight excluding hydrogens is 431 g/mol. The fourth-order valence-corrected chi connectivity index (χ4v) is 4.38. The van der Waals surface area contributed by atoms with Crippen LogP contribution in [0.2, 0.25) is 0 Å². The van der Waals surface area contributed by atoms with E-state index in [0.717, 1.165) is 24.0 Å². The van der Waals surface area contributed by atoms with Crippen LogP contribution in [0.5, 0.6) is 0 Å². The number of nitrogens with zero attached hydrogens (tertiary/aromatic N) is 1. The zero-order valence-corrected chi connectivity index (χ0v) is 18.8. The van der Waals surface area contributed by atoms with Gasteiger partial charge in [0.25, 0.3) is 5.91 Å². The van der Waals surface area contributed by atoms with Gasteiger partial charge in [-0.15, -0.1) is 0 Å². The highest BCUT2D eigenvalue weighted by Crippen LogP contribution is 2.32. The maximum Gasteiger partial charge on any atom is 0.251 e. The van der Waals surface area contributed by atoms with Gasteiger partial charge in [0, 0.05) is 30.7 Å². The van der Waals surface area contributed by atoms with Crippen molar-refractivity contribution in [3.05, 3.63) is 70.0 Å². The molecule has 0 aromatic heterocycles. The van der Waals surface area contributed by atoms with Crippen LogP contribution in [0.3, 0.4) is 0 Å². The Labute approximate surface area is 191 Å². The van der Waals surface area contributed by atoms with Crippen molar-refractivity contribution in [3.63, 3.8) is 0 Å². The van der Waals surface area contributed by atoms with Crippen LogP contribution in [-0.2, 0) is 11.3 Å². The van der Waals surface area contributed by atoms with Gasteiger partial charge in [0.2, 0.25) is 5.91 Å². The van der Waals surface area contributed by atoms with E-state index in [1.807, 2.05) is 36.9 Å². The van der Waals surface area contributed by atoms with Crippen molar-refractivity contribution in [3.8, 4) is 0 Å². The highest BCUT2D eigenvalue weighted by Gasteiger charge is 2.40. The van der Waals surface area contributed by atoms with Gasteiger partial charge >= 0.3 is 0 Å². The molecule has 2 unspecified atom stereocenters. The molecule has 2 aromatic carbocycles. The van der Waals surface area contributed by atoms with Crippen LogP contribution in [0, 0.1) is 37.2 Å². The molecule has 1 saturated heterocycles. The van der Waals surface area contributed by atoms with Crippen LogP contribution >= 0.6 is 0 Å². The van der Waals surface area contributed by atoms with Crippen molar-refractivity contribution in [2.45, 2.75) is 51.7 Å². The molecule has 1 aliphatic heterocycles. The van der Waals surface area contributed by atoms with Crippen LogP contribution in [0.25, 0.3) is 0 Å². The zero-order chi connectivity index (χ0) is 23.7. The Bertz CT molecular complexity index is 1050. The number of amides is 2. The van der Waals surface area contributed by atoms with Crippen LogP contribution in [0.4, 0.5) is 13.2 Å². The van der Waals surface area contributed by atoms with Crippen molar-refractivity contribution in [1.82, 2.24) is 15.5 Å². The topological polar surface area (TPSA) is 61.4 Å². The quantitative estimate of drug-likeness (QED) is 0.649. The normalized spacial score (nSPS) is 20.4. The minimum atomic E-state index is -1.62. The summed E-state index contributed by atoms with van der Waals surface area (Å²) in [4.78, 5) is 28.2.